The largest absolute Gasteiger partial charge is 0.352 e. The lowest BCUT2D eigenvalue weighted by Crippen LogP contribution is -2.51. The van der Waals surface area contributed by atoms with Crippen LogP contribution in [0.15, 0.2) is 42.6 Å². The highest BCUT2D eigenvalue weighted by atomic mass is 19.1. The van der Waals surface area contributed by atoms with Crippen molar-refractivity contribution in [3.05, 3.63) is 54.0 Å². The number of pyridine rings is 1. The molecule has 2 aliphatic carbocycles. The van der Waals surface area contributed by atoms with Crippen molar-refractivity contribution >= 4 is 11.8 Å². The predicted molar refractivity (Wildman–Crippen MR) is 121 cm³/mol. The summed E-state index contributed by atoms with van der Waals surface area (Å²) in [6.07, 6.45) is 8.78. The van der Waals surface area contributed by atoms with Crippen LogP contribution in [-0.2, 0) is 4.79 Å². The number of amides is 2. The molecule has 0 aliphatic heterocycles. The van der Waals surface area contributed by atoms with Gasteiger partial charge in [0.25, 0.3) is 5.91 Å². The average Bonchev–Trinajstić information content (AvgIpc) is 2.81. The molecular formula is C25H31FN4O2. The van der Waals surface area contributed by atoms with Gasteiger partial charge < -0.3 is 16.4 Å². The maximum Gasteiger partial charge on any atom is 0.253 e. The van der Waals surface area contributed by atoms with Crippen LogP contribution in [0.1, 0.15) is 61.7 Å². The summed E-state index contributed by atoms with van der Waals surface area (Å²) in [4.78, 5) is 29.6. The number of hydrogen-bond donors (Lipinski definition) is 3. The van der Waals surface area contributed by atoms with Crippen LogP contribution in [-0.4, -0.2) is 34.9 Å². The molecule has 6 nitrogen and oxygen atoms in total. The van der Waals surface area contributed by atoms with Gasteiger partial charge in [-0.1, -0.05) is 25.0 Å². The van der Waals surface area contributed by atoms with E-state index < -0.39 is 0 Å². The van der Waals surface area contributed by atoms with E-state index in [-0.39, 0.29) is 41.7 Å². The van der Waals surface area contributed by atoms with Crippen molar-refractivity contribution in [2.45, 2.75) is 69.5 Å². The quantitative estimate of drug-likeness (QED) is 0.665. The average molecular weight is 439 g/mol. The minimum absolute atomic E-state index is 0.00973. The van der Waals surface area contributed by atoms with Crippen molar-refractivity contribution in [3.8, 4) is 11.3 Å². The van der Waals surface area contributed by atoms with Crippen LogP contribution in [0.25, 0.3) is 11.3 Å². The molecule has 2 fully saturated rings. The Morgan fingerprint density at radius 1 is 0.969 bits per heavy atom. The third-order valence-electron chi connectivity index (χ3n) is 6.73. The Hall–Kier alpha value is -2.80. The van der Waals surface area contributed by atoms with Crippen LogP contribution in [0.2, 0.25) is 0 Å². The number of nitrogens with two attached hydrogens (primary N) is 1. The summed E-state index contributed by atoms with van der Waals surface area (Å²) in [5, 5.41) is 6.22. The van der Waals surface area contributed by atoms with E-state index in [1.165, 1.54) is 18.3 Å². The van der Waals surface area contributed by atoms with E-state index in [9.17, 15) is 14.0 Å². The van der Waals surface area contributed by atoms with Crippen molar-refractivity contribution in [1.82, 2.24) is 15.6 Å². The molecule has 0 unspecified atom stereocenters. The van der Waals surface area contributed by atoms with Gasteiger partial charge in [0.1, 0.15) is 5.82 Å². The van der Waals surface area contributed by atoms with Gasteiger partial charge in [-0.05, 0) is 62.8 Å². The van der Waals surface area contributed by atoms with E-state index in [4.69, 9.17) is 5.73 Å². The van der Waals surface area contributed by atoms with Gasteiger partial charge in [-0.15, -0.1) is 0 Å². The van der Waals surface area contributed by atoms with Gasteiger partial charge in [0.2, 0.25) is 5.91 Å². The summed E-state index contributed by atoms with van der Waals surface area (Å²) in [5.41, 5.74) is 7.91. The maximum absolute atomic E-state index is 13.4. The van der Waals surface area contributed by atoms with E-state index in [1.807, 2.05) is 0 Å². The number of carbonyl (C=O) groups excluding carboxylic acids is 2. The van der Waals surface area contributed by atoms with Crippen LogP contribution in [0, 0.1) is 11.7 Å². The fourth-order valence-electron chi connectivity index (χ4n) is 4.75. The van der Waals surface area contributed by atoms with Crippen LogP contribution in [0.3, 0.4) is 0 Å². The molecule has 0 bridgehead atoms. The van der Waals surface area contributed by atoms with Crippen molar-refractivity contribution in [3.63, 3.8) is 0 Å². The zero-order valence-corrected chi connectivity index (χ0v) is 18.2. The lowest BCUT2D eigenvalue weighted by atomic mass is 9.84. The Bertz CT molecular complexity index is 941. The normalized spacial score (nSPS) is 25.7. The highest BCUT2D eigenvalue weighted by molar-refractivity contribution is 5.94. The first-order valence-electron chi connectivity index (χ1n) is 11.6. The Balaban J connectivity index is 1.26. The lowest BCUT2D eigenvalue weighted by Gasteiger charge is -2.33. The molecule has 2 aromatic rings. The van der Waals surface area contributed by atoms with Crippen LogP contribution >= 0.6 is 0 Å². The summed E-state index contributed by atoms with van der Waals surface area (Å²) >= 11 is 0. The molecule has 0 spiro atoms. The van der Waals surface area contributed by atoms with Gasteiger partial charge >= 0.3 is 0 Å². The second-order valence-electron chi connectivity index (χ2n) is 9.03. The number of halogens is 1. The van der Waals surface area contributed by atoms with Gasteiger partial charge in [0.05, 0.1) is 11.3 Å². The van der Waals surface area contributed by atoms with Gasteiger partial charge in [-0.3, -0.25) is 14.6 Å². The molecular weight excluding hydrogens is 407 g/mol. The van der Waals surface area contributed by atoms with Crippen molar-refractivity contribution < 1.29 is 14.0 Å². The Kier molecular flexibility index (Phi) is 7.15. The molecule has 7 heteroatoms. The second-order valence-corrected chi connectivity index (χ2v) is 9.03. The summed E-state index contributed by atoms with van der Waals surface area (Å²) in [7, 11) is 0. The Labute approximate surface area is 188 Å². The summed E-state index contributed by atoms with van der Waals surface area (Å²) in [6, 6.07) is 9.84. The fraction of sp³-hybridized carbons (Fsp3) is 0.480. The van der Waals surface area contributed by atoms with Gasteiger partial charge in [-0.25, -0.2) is 4.39 Å². The number of nitrogens with one attached hydrogen (secondary N) is 2. The molecule has 2 aliphatic rings. The topological polar surface area (TPSA) is 97.1 Å². The molecule has 1 aromatic carbocycles. The van der Waals surface area contributed by atoms with Crippen molar-refractivity contribution in [1.29, 1.82) is 0 Å². The minimum Gasteiger partial charge on any atom is -0.352 e. The summed E-state index contributed by atoms with van der Waals surface area (Å²) in [5.74, 6) is -0.403. The predicted octanol–water partition coefficient (Wildman–Crippen LogP) is 3.56. The van der Waals surface area contributed by atoms with E-state index >= 15 is 0 Å². The van der Waals surface area contributed by atoms with Crippen LogP contribution < -0.4 is 16.4 Å². The molecule has 2 atom stereocenters. The lowest BCUT2D eigenvalue weighted by molar-refractivity contribution is -0.127. The summed E-state index contributed by atoms with van der Waals surface area (Å²) < 4.78 is 13.4. The molecule has 2 amide bonds. The van der Waals surface area contributed by atoms with Crippen molar-refractivity contribution in [2.24, 2.45) is 11.7 Å². The molecule has 32 heavy (non-hydrogen) atoms. The number of carbonyl (C=O) groups is 2. The zero-order chi connectivity index (χ0) is 22.5. The monoisotopic (exact) mass is 438 g/mol. The first kappa shape index (κ1) is 22.4. The third kappa shape index (κ3) is 5.51. The fourth-order valence-corrected chi connectivity index (χ4v) is 4.75. The van der Waals surface area contributed by atoms with Crippen LogP contribution in [0.5, 0.6) is 0 Å². The maximum atomic E-state index is 13.4. The molecule has 2 saturated carbocycles. The number of aromatic nitrogens is 1. The van der Waals surface area contributed by atoms with Crippen molar-refractivity contribution in [2.75, 3.05) is 0 Å². The number of rotatable bonds is 5. The smallest absolute Gasteiger partial charge is 0.253 e. The number of nitrogens with zero attached hydrogens (tertiary/aromatic N) is 1. The van der Waals surface area contributed by atoms with E-state index in [2.05, 4.69) is 15.6 Å². The molecule has 0 radical (unpaired) electrons. The Morgan fingerprint density at radius 2 is 1.75 bits per heavy atom. The highest BCUT2D eigenvalue weighted by Crippen LogP contribution is 2.26. The molecule has 170 valence electrons. The van der Waals surface area contributed by atoms with Gasteiger partial charge in [0.15, 0.2) is 0 Å². The number of benzene rings is 1. The van der Waals surface area contributed by atoms with Gasteiger partial charge in [-0.2, -0.15) is 0 Å². The molecule has 4 rings (SSSR count). The van der Waals surface area contributed by atoms with E-state index in [0.29, 0.717) is 16.8 Å². The SMILES string of the molecule is N[C@H]1CCCC[C@H]1NC(=O)C1CCC(NC(=O)c2ccc(-c3cccc(F)c3)nc2)CC1. The Morgan fingerprint density at radius 3 is 2.44 bits per heavy atom. The molecule has 1 aromatic heterocycles. The first-order valence-corrected chi connectivity index (χ1v) is 11.6. The third-order valence-corrected chi connectivity index (χ3v) is 6.73. The summed E-state index contributed by atoms with van der Waals surface area (Å²) in [6.45, 7) is 0. The highest BCUT2D eigenvalue weighted by Gasteiger charge is 2.30. The molecule has 4 N–H and O–H groups in total. The molecule has 1 heterocycles. The first-order chi connectivity index (χ1) is 15.5. The second kappa shape index (κ2) is 10.2. The van der Waals surface area contributed by atoms with Crippen LogP contribution in [0.4, 0.5) is 4.39 Å². The van der Waals surface area contributed by atoms with Gasteiger partial charge in [0, 0.05) is 35.8 Å². The van der Waals surface area contributed by atoms with E-state index in [0.717, 1.165) is 51.4 Å². The van der Waals surface area contributed by atoms with E-state index in [1.54, 1.807) is 24.3 Å². The minimum atomic E-state index is -0.322. The standard InChI is InChI=1S/C25H31FN4O2/c26-19-5-3-4-17(14-19)22-13-10-18(15-28-22)25(32)29-20-11-8-16(9-12-20)24(31)30-23-7-2-1-6-21(23)27/h3-5,10,13-16,20-21,23H,1-2,6-9,11-12,27H2,(H,29,32)(H,30,31)/t16?,20?,21-,23+/m0/s1. The molecule has 0 saturated heterocycles. The zero-order valence-electron chi connectivity index (χ0n) is 18.2. The number of hydrogen-bond acceptors (Lipinski definition) is 4.